The van der Waals surface area contributed by atoms with Gasteiger partial charge in [0.2, 0.25) is 5.91 Å². The lowest BCUT2D eigenvalue weighted by Crippen LogP contribution is -2.44. The summed E-state index contributed by atoms with van der Waals surface area (Å²) in [4.78, 5) is 39.9. The summed E-state index contributed by atoms with van der Waals surface area (Å²) in [6, 6.07) is 9.62. The van der Waals surface area contributed by atoms with Crippen molar-refractivity contribution in [3.05, 3.63) is 62.1 Å². The van der Waals surface area contributed by atoms with E-state index in [4.69, 9.17) is 0 Å². The van der Waals surface area contributed by atoms with Crippen molar-refractivity contribution in [2.45, 2.75) is 32.9 Å². The molecule has 3 aromatic rings. The zero-order valence-corrected chi connectivity index (χ0v) is 15.3. The Labute approximate surface area is 153 Å². The fraction of sp³-hybridized carbons (Fsp3) is 0.316. The normalized spacial score (nSPS) is 13.8. The number of fused-ring (bicyclic) bond motifs is 2. The minimum absolute atomic E-state index is 0.0688. The van der Waals surface area contributed by atoms with Crippen molar-refractivity contribution >= 4 is 33.1 Å². The number of aromatic nitrogens is 2. The molecule has 0 bridgehead atoms. The van der Waals surface area contributed by atoms with E-state index in [0.717, 1.165) is 24.1 Å². The van der Waals surface area contributed by atoms with Crippen molar-refractivity contribution in [2.24, 2.45) is 0 Å². The molecule has 3 heterocycles. The second-order valence-corrected chi connectivity index (χ2v) is 7.25. The smallest absolute Gasteiger partial charge is 0.311 e. The number of benzene rings is 1. The SMILES string of the molecule is CCn1c(=O)c2sccc2n(CC(=O)N2CCCc3ccccc32)c1=O. The van der Waals surface area contributed by atoms with E-state index in [0.29, 0.717) is 16.8 Å². The number of thiophene rings is 1. The van der Waals surface area contributed by atoms with Gasteiger partial charge in [-0.1, -0.05) is 18.2 Å². The first-order valence-electron chi connectivity index (χ1n) is 8.71. The Morgan fingerprint density at radius 3 is 2.77 bits per heavy atom. The molecule has 0 fully saturated rings. The molecule has 0 spiro atoms. The largest absolute Gasteiger partial charge is 0.331 e. The first-order valence-corrected chi connectivity index (χ1v) is 9.59. The Bertz CT molecular complexity index is 1110. The van der Waals surface area contributed by atoms with Crippen LogP contribution in [0.25, 0.3) is 10.2 Å². The predicted molar refractivity (Wildman–Crippen MR) is 103 cm³/mol. The van der Waals surface area contributed by atoms with Crippen molar-refractivity contribution in [2.75, 3.05) is 11.4 Å². The summed E-state index contributed by atoms with van der Waals surface area (Å²) in [7, 11) is 0. The average molecular weight is 369 g/mol. The van der Waals surface area contributed by atoms with E-state index in [9.17, 15) is 14.4 Å². The predicted octanol–water partition coefficient (Wildman–Crippen LogP) is 2.22. The number of rotatable bonds is 3. The van der Waals surface area contributed by atoms with Gasteiger partial charge in [0, 0.05) is 18.8 Å². The molecule has 2 aromatic heterocycles. The first-order chi connectivity index (χ1) is 12.6. The molecule has 1 aliphatic heterocycles. The van der Waals surface area contributed by atoms with Crippen LogP contribution < -0.4 is 16.1 Å². The topological polar surface area (TPSA) is 64.3 Å². The second-order valence-electron chi connectivity index (χ2n) is 6.33. The third-order valence-electron chi connectivity index (χ3n) is 4.86. The van der Waals surface area contributed by atoms with E-state index >= 15 is 0 Å². The molecule has 0 saturated carbocycles. The van der Waals surface area contributed by atoms with Gasteiger partial charge in [-0.2, -0.15) is 0 Å². The van der Waals surface area contributed by atoms with Gasteiger partial charge in [0.1, 0.15) is 11.2 Å². The van der Waals surface area contributed by atoms with Crippen molar-refractivity contribution in [1.29, 1.82) is 0 Å². The molecule has 4 rings (SSSR count). The average Bonchev–Trinajstić information content (AvgIpc) is 3.15. The lowest BCUT2D eigenvalue weighted by atomic mass is 10.0. The summed E-state index contributed by atoms with van der Waals surface area (Å²) in [5.41, 5.74) is 1.89. The number of carbonyl (C=O) groups excluding carboxylic acids is 1. The molecule has 0 aliphatic carbocycles. The molecule has 7 heteroatoms. The quantitative estimate of drug-likeness (QED) is 0.711. The van der Waals surface area contributed by atoms with E-state index in [-0.39, 0.29) is 24.6 Å². The van der Waals surface area contributed by atoms with E-state index in [1.165, 1.54) is 20.5 Å². The lowest BCUT2D eigenvalue weighted by molar-refractivity contribution is -0.119. The minimum atomic E-state index is -0.429. The highest BCUT2D eigenvalue weighted by molar-refractivity contribution is 7.17. The lowest BCUT2D eigenvalue weighted by Gasteiger charge is -2.29. The fourth-order valence-corrected chi connectivity index (χ4v) is 4.42. The molecule has 0 atom stereocenters. The summed E-state index contributed by atoms with van der Waals surface area (Å²) in [5, 5.41) is 1.78. The highest BCUT2D eigenvalue weighted by Gasteiger charge is 2.24. The van der Waals surface area contributed by atoms with Gasteiger partial charge in [-0.15, -0.1) is 11.3 Å². The highest BCUT2D eigenvalue weighted by Crippen LogP contribution is 2.27. The summed E-state index contributed by atoms with van der Waals surface area (Å²) in [6.45, 7) is 2.62. The first kappa shape index (κ1) is 16.8. The molecule has 26 heavy (non-hydrogen) atoms. The van der Waals surface area contributed by atoms with Gasteiger partial charge >= 0.3 is 5.69 Å². The van der Waals surface area contributed by atoms with Gasteiger partial charge < -0.3 is 4.90 Å². The van der Waals surface area contributed by atoms with E-state index < -0.39 is 5.69 Å². The summed E-state index contributed by atoms with van der Waals surface area (Å²) >= 11 is 1.30. The van der Waals surface area contributed by atoms with Gasteiger partial charge in [-0.3, -0.25) is 18.7 Å². The van der Waals surface area contributed by atoms with Crippen LogP contribution in [0.5, 0.6) is 0 Å². The Hall–Kier alpha value is -2.67. The number of para-hydroxylation sites is 1. The van der Waals surface area contributed by atoms with Gasteiger partial charge in [0.05, 0.1) is 5.52 Å². The van der Waals surface area contributed by atoms with Gasteiger partial charge in [0.25, 0.3) is 5.56 Å². The number of hydrogen-bond donors (Lipinski definition) is 0. The summed E-state index contributed by atoms with van der Waals surface area (Å²) < 4.78 is 3.13. The minimum Gasteiger partial charge on any atom is -0.311 e. The number of nitrogens with zero attached hydrogens (tertiary/aromatic N) is 3. The maximum atomic E-state index is 13.0. The molecule has 6 nitrogen and oxygen atoms in total. The number of carbonyl (C=O) groups is 1. The Morgan fingerprint density at radius 1 is 1.15 bits per heavy atom. The van der Waals surface area contributed by atoms with Crippen LogP contribution in [-0.4, -0.2) is 21.6 Å². The zero-order valence-electron chi connectivity index (χ0n) is 14.5. The van der Waals surface area contributed by atoms with Crippen LogP contribution >= 0.6 is 11.3 Å². The van der Waals surface area contributed by atoms with Crippen molar-refractivity contribution in [3.8, 4) is 0 Å². The molecule has 134 valence electrons. The van der Waals surface area contributed by atoms with Crippen LogP contribution in [0.2, 0.25) is 0 Å². The highest BCUT2D eigenvalue weighted by atomic mass is 32.1. The summed E-state index contributed by atoms with van der Waals surface area (Å²) in [6.07, 6.45) is 1.86. The van der Waals surface area contributed by atoms with Crippen LogP contribution in [0.15, 0.2) is 45.3 Å². The van der Waals surface area contributed by atoms with Crippen molar-refractivity contribution < 1.29 is 4.79 Å². The number of anilines is 1. The van der Waals surface area contributed by atoms with E-state index in [1.807, 2.05) is 24.3 Å². The van der Waals surface area contributed by atoms with Gasteiger partial charge in [-0.05, 0) is 42.8 Å². The third-order valence-corrected chi connectivity index (χ3v) is 5.75. The number of aryl methyl sites for hydroxylation is 1. The molecular weight excluding hydrogens is 350 g/mol. The molecule has 0 radical (unpaired) electrons. The molecular formula is C19H19N3O3S. The maximum Gasteiger partial charge on any atom is 0.331 e. The Balaban J connectivity index is 1.77. The zero-order chi connectivity index (χ0) is 18.3. The van der Waals surface area contributed by atoms with Crippen LogP contribution in [0.4, 0.5) is 5.69 Å². The number of amides is 1. The Morgan fingerprint density at radius 2 is 1.96 bits per heavy atom. The van der Waals surface area contributed by atoms with Crippen molar-refractivity contribution in [3.63, 3.8) is 0 Å². The standard InChI is InChI=1S/C19H19N3O3S/c1-2-20-18(24)17-15(9-11-26-17)22(19(20)25)12-16(23)21-10-5-7-13-6-3-4-8-14(13)21/h3-4,6,8-9,11H,2,5,7,10,12H2,1H3. The number of hydrogen-bond acceptors (Lipinski definition) is 4. The molecule has 0 N–H and O–H groups in total. The summed E-state index contributed by atoms with van der Waals surface area (Å²) in [5.74, 6) is -0.131. The van der Waals surface area contributed by atoms with Crippen LogP contribution in [0, 0.1) is 0 Å². The molecule has 0 unspecified atom stereocenters. The molecule has 1 aliphatic rings. The van der Waals surface area contributed by atoms with Gasteiger partial charge in [0.15, 0.2) is 0 Å². The molecule has 1 amide bonds. The van der Waals surface area contributed by atoms with Crippen molar-refractivity contribution in [1.82, 2.24) is 9.13 Å². The van der Waals surface area contributed by atoms with Gasteiger partial charge in [-0.25, -0.2) is 4.79 Å². The van der Waals surface area contributed by atoms with E-state index in [2.05, 4.69) is 0 Å². The van der Waals surface area contributed by atoms with Crippen LogP contribution in [0.1, 0.15) is 18.9 Å². The van der Waals surface area contributed by atoms with Crippen LogP contribution in [0.3, 0.4) is 0 Å². The fourth-order valence-electron chi connectivity index (χ4n) is 3.58. The van der Waals surface area contributed by atoms with Crippen LogP contribution in [-0.2, 0) is 24.3 Å². The Kier molecular flexibility index (Phi) is 4.24. The second kappa shape index (κ2) is 6.57. The maximum absolute atomic E-state index is 13.0. The molecule has 1 aromatic carbocycles. The third kappa shape index (κ3) is 2.59. The monoisotopic (exact) mass is 369 g/mol. The van der Waals surface area contributed by atoms with E-state index in [1.54, 1.807) is 23.3 Å². The molecule has 0 saturated heterocycles.